The average Bonchev–Trinajstić information content (AvgIpc) is 3.10. The van der Waals surface area contributed by atoms with Gasteiger partial charge in [0.2, 0.25) is 0 Å². The maximum Gasteiger partial charge on any atom is 0.435 e. The lowest BCUT2D eigenvalue weighted by Crippen LogP contribution is -2.18. The fraction of sp³-hybridized carbons (Fsp3) is 0.357. The first-order valence-corrected chi connectivity index (χ1v) is 6.59. The third-order valence-electron chi connectivity index (χ3n) is 3.34. The largest absolute Gasteiger partial charge is 0.435 e. The van der Waals surface area contributed by atoms with E-state index in [1.54, 1.807) is 6.07 Å². The van der Waals surface area contributed by atoms with E-state index < -0.39 is 17.7 Å². The predicted octanol–water partition coefficient (Wildman–Crippen LogP) is 3.28. The van der Waals surface area contributed by atoms with E-state index in [0.29, 0.717) is 18.2 Å². The summed E-state index contributed by atoms with van der Waals surface area (Å²) in [5, 5.41) is 6.66. The van der Waals surface area contributed by atoms with Crippen LogP contribution in [-0.2, 0) is 12.7 Å². The minimum Gasteiger partial charge on any atom is -0.310 e. The molecule has 0 amide bonds. The molecule has 0 bridgehead atoms. The van der Waals surface area contributed by atoms with Crippen molar-refractivity contribution in [3.05, 3.63) is 47.5 Å². The van der Waals surface area contributed by atoms with Gasteiger partial charge < -0.3 is 5.32 Å². The Hall–Kier alpha value is -1.89. The van der Waals surface area contributed by atoms with E-state index in [2.05, 4.69) is 10.4 Å². The third kappa shape index (κ3) is 3.07. The van der Waals surface area contributed by atoms with Gasteiger partial charge in [0.15, 0.2) is 5.69 Å². The van der Waals surface area contributed by atoms with Crippen molar-refractivity contribution in [2.75, 3.05) is 0 Å². The molecule has 0 unspecified atom stereocenters. The Morgan fingerprint density at radius 3 is 2.62 bits per heavy atom. The lowest BCUT2D eigenvalue weighted by Gasteiger charge is -2.11. The van der Waals surface area contributed by atoms with Crippen LogP contribution < -0.4 is 5.32 Å². The fourth-order valence-electron chi connectivity index (χ4n) is 2.10. The smallest absolute Gasteiger partial charge is 0.310 e. The van der Waals surface area contributed by atoms with Crippen LogP contribution in [0.4, 0.5) is 17.6 Å². The van der Waals surface area contributed by atoms with E-state index >= 15 is 0 Å². The van der Waals surface area contributed by atoms with E-state index in [1.165, 1.54) is 12.1 Å². The normalized spacial score (nSPS) is 15.4. The van der Waals surface area contributed by atoms with Crippen LogP contribution >= 0.6 is 0 Å². The summed E-state index contributed by atoms with van der Waals surface area (Å²) in [4.78, 5) is 0. The zero-order valence-electron chi connectivity index (χ0n) is 11.0. The van der Waals surface area contributed by atoms with Crippen molar-refractivity contribution in [3.63, 3.8) is 0 Å². The van der Waals surface area contributed by atoms with Crippen molar-refractivity contribution in [1.82, 2.24) is 15.1 Å². The Balaban J connectivity index is 1.94. The fourth-order valence-corrected chi connectivity index (χ4v) is 2.10. The van der Waals surface area contributed by atoms with Gasteiger partial charge in [-0.25, -0.2) is 9.07 Å². The summed E-state index contributed by atoms with van der Waals surface area (Å²) < 4.78 is 52.8. The highest BCUT2D eigenvalue weighted by molar-refractivity contribution is 5.42. The summed E-state index contributed by atoms with van der Waals surface area (Å²) in [5.74, 6) is -0.595. The molecule has 0 radical (unpaired) electrons. The van der Waals surface area contributed by atoms with Crippen LogP contribution in [0, 0.1) is 5.82 Å². The highest BCUT2D eigenvalue weighted by Crippen LogP contribution is 2.29. The van der Waals surface area contributed by atoms with Gasteiger partial charge in [-0.05, 0) is 30.5 Å². The zero-order valence-corrected chi connectivity index (χ0v) is 11.0. The van der Waals surface area contributed by atoms with Crippen LogP contribution in [0.25, 0.3) is 5.69 Å². The molecule has 1 aromatic carbocycles. The van der Waals surface area contributed by atoms with Gasteiger partial charge in [0.1, 0.15) is 11.5 Å². The number of nitrogens with one attached hydrogen (secondary N) is 1. The van der Waals surface area contributed by atoms with Gasteiger partial charge in [-0.2, -0.15) is 18.3 Å². The number of hydrogen-bond donors (Lipinski definition) is 1. The van der Waals surface area contributed by atoms with Crippen molar-refractivity contribution in [3.8, 4) is 5.69 Å². The van der Waals surface area contributed by atoms with Crippen molar-refractivity contribution in [2.45, 2.75) is 31.6 Å². The summed E-state index contributed by atoms with van der Waals surface area (Å²) in [6, 6.07) is 5.69. The van der Waals surface area contributed by atoms with Crippen LogP contribution in [0.1, 0.15) is 24.1 Å². The maximum absolute atomic E-state index is 14.0. The van der Waals surface area contributed by atoms with Crippen molar-refractivity contribution in [2.24, 2.45) is 0 Å². The molecular weight excluding hydrogens is 286 g/mol. The molecule has 1 heterocycles. The quantitative estimate of drug-likeness (QED) is 0.878. The van der Waals surface area contributed by atoms with Gasteiger partial charge in [-0.15, -0.1) is 0 Å². The van der Waals surface area contributed by atoms with Crippen LogP contribution in [0.5, 0.6) is 0 Å². The Kier molecular flexibility index (Phi) is 3.44. The van der Waals surface area contributed by atoms with Crippen LogP contribution in [0.2, 0.25) is 0 Å². The molecule has 1 aliphatic carbocycles. The summed E-state index contributed by atoms with van der Waals surface area (Å²) in [5.41, 5.74) is -0.397. The van der Waals surface area contributed by atoms with Gasteiger partial charge in [-0.3, -0.25) is 0 Å². The lowest BCUT2D eigenvalue weighted by molar-refractivity contribution is -0.141. The summed E-state index contributed by atoms with van der Waals surface area (Å²) in [7, 11) is 0. The third-order valence-corrected chi connectivity index (χ3v) is 3.34. The number of nitrogens with zero attached hydrogens (tertiary/aromatic N) is 2. The molecule has 1 fully saturated rings. The first-order chi connectivity index (χ1) is 9.95. The Bertz CT molecular complexity index is 644. The second kappa shape index (κ2) is 5.14. The van der Waals surface area contributed by atoms with Gasteiger partial charge in [-0.1, -0.05) is 12.1 Å². The molecule has 1 saturated carbocycles. The SMILES string of the molecule is Fc1cccc(CNC2CC2)c1-n1ccc(C(F)(F)F)n1. The molecule has 0 atom stereocenters. The first-order valence-electron chi connectivity index (χ1n) is 6.59. The second-order valence-electron chi connectivity index (χ2n) is 5.05. The van der Waals surface area contributed by atoms with Gasteiger partial charge in [0, 0.05) is 18.8 Å². The molecule has 1 aliphatic rings. The zero-order chi connectivity index (χ0) is 15.0. The van der Waals surface area contributed by atoms with Crippen LogP contribution in [-0.4, -0.2) is 15.8 Å². The van der Waals surface area contributed by atoms with E-state index in [0.717, 1.165) is 29.8 Å². The predicted molar refractivity (Wildman–Crippen MR) is 68.4 cm³/mol. The number of para-hydroxylation sites is 1. The summed E-state index contributed by atoms with van der Waals surface area (Å²) >= 11 is 0. The van der Waals surface area contributed by atoms with Crippen molar-refractivity contribution in [1.29, 1.82) is 0 Å². The van der Waals surface area contributed by atoms with Gasteiger partial charge in [0.25, 0.3) is 0 Å². The molecule has 3 rings (SSSR count). The van der Waals surface area contributed by atoms with E-state index in [1.807, 2.05) is 0 Å². The van der Waals surface area contributed by atoms with E-state index in [-0.39, 0.29) is 5.69 Å². The number of aromatic nitrogens is 2. The molecule has 3 nitrogen and oxygen atoms in total. The molecule has 0 aliphatic heterocycles. The molecular formula is C14H13F4N3. The van der Waals surface area contributed by atoms with Gasteiger partial charge >= 0.3 is 6.18 Å². The van der Waals surface area contributed by atoms with Crippen LogP contribution in [0.3, 0.4) is 0 Å². The van der Waals surface area contributed by atoms with Crippen molar-refractivity contribution >= 4 is 0 Å². The second-order valence-corrected chi connectivity index (χ2v) is 5.05. The first kappa shape index (κ1) is 14.1. The minimum absolute atomic E-state index is 0.0566. The Morgan fingerprint density at radius 2 is 2.00 bits per heavy atom. The van der Waals surface area contributed by atoms with E-state index in [9.17, 15) is 17.6 Å². The molecule has 7 heteroatoms. The monoisotopic (exact) mass is 299 g/mol. The molecule has 0 spiro atoms. The highest BCUT2D eigenvalue weighted by atomic mass is 19.4. The van der Waals surface area contributed by atoms with Crippen molar-refractivity contribution < 1.29 is 17.6 Å². The number of benzene rings is 1. The highest BCUT2D eigenvalue weighted by Gasteiger charge is 2.34. The molecule has 1 aromatic heterocycles. The topological polar surface area (TPSA) is 29.9 Å². The molecule has 0 saturated heterocycles. The molecule has 1 N–H and O–H groups in total. The number of alkyl halides is 3. The van der Waals surface area contributed by atoms with Gasteiger partial charge in [0.05, 0.1) is 0 Å². The number of halogens is 4. The maximum atomic E-state index is 14.0. The lowest BCUT2D eigenvalue weighted by atomic mass is 10.1. The summed E-state index contributed by atoms with van der Waals surface area (Å²) in [6.07, 6.45) is -1.26. The number of rotatable bonds is 4. The standard InChI is InChI=1S/C14H13F4N3/c15-11-3-1-2-9(8-19-10-4-5-10)13(11)21-7-6-12(20-21)14(16,17)18/h1-3,6-7,10,19H,4-5,8H2. The molecule has 21 heavy (non-hydrogen) atoms. The van der Waals surface area contributed by atoms with E-state index in [4.69, 9.17) is 0 Å². The average molecular weight is 299 g/mol. The Labute approximate surface area is 118 Å². The number of hydrogen-bond acceptors (Lipinski definition) is 2. The molecule has 2 aromatic rings. The summed E-state index contributed by atoms with van der Waals surface area (Å²) in [6.45, 7) is 0.402. The Morgan fingerprint density at radius 1 is 1.24 bits per heavy atom. The minimum atomic E-state index is -4.54. The molecule has 112 valence electrons. The van der Waals surface area contributed by atoms with Crippen LogP contribution in [0.15, 0.2) is 30.5 Å².